The molecule has 2 aromatic carbocycles. The number of alkyl halides is 3. The number of hydrogen-bond acceptors (Lipinski definition) is 3. The molecule has 0 saturated carbocycles. The van der Waals surface area contributed by atoms with Crippen LogP contribution in [0.25, 0.3) is 0 Å². The van der Waals surface area contributed by atoms with Crippen LogP contribution in [-0.4, -0.2) is 11.3 Å². The molecular weight excluding hydrogens is 441 g/mol. The third-order valence-corrected chi connectivity index (χ3v) is 4.45. The van der Waals surface area contributed by atoms with Crippen LogP contribution >= 0.6 is 15.9 Å². The van der Waals surface area contributed by atoms with Gasteiger partial charge in [-0.25, -0.2) is 4.79 Å². The number of hydrogen-bond donors (Lipinski definition) is 2. The average molecular weight is 456 g/mol. The number of benzene rings is 2. The molecule has 0 aliphatic rings. The largest absolute Gasteiger partial charge is 0.416 e. The topological polar surface area (TPSA) is 71.0 Å². The van der Waals surface area contributed by atoms with Crippen molar-refractivity contribution in [2.24, 2.45) is 0 Å². The van der Waals surface area contributed by atoms with Crippen LogP contribution in [0.2, 0.25) is 0 Å². The Labute approximate surface area is 166 Å². The Kier molecular flexibility index (Phi) is 5.68. The summed E-state index contributed by atoms with van der Waals surface area (Å²) in [6.07, 6.45) is -3.01. The Bertz CT molecular complexity index is 973. The van der Waals surface area contributed by atoms with Gasteiger partial charge in [-0.3, -0.25) is 9.84 Å². The summed E-state index contributed by atoms with van der Waals surface area (Å²) in [6.45, 7) is 1.90. The molecule has 0 spiro atoms. The molecule has 0 aliphatic carbocycles. The standard InChI is InChI=1S/C18H14BrF3N4O2/c1-11(12-5-7-14(19)8-6-12)26-10-16(28-25-26)24-17(27)23-15-4-2-3-13(9-15)18(20,21)22/h2-11H,1H3,(H-,23,24,25,27)/p+1/t11-/m0/s1. The molecule has 0 bridgehead atoms. The van der Waals surface area contributed by atoms with Crippen molar-refractivity contribution in [1.82, 2.24) is 5.27 Å². The number of urea groups is 1. The SMILES string of the molecule is C[C@@H](c1ccc(Br)cc1)[n+]1cc(NC(=O)Nc2cccc(C(F)(F)F)c2)on1. The van der Waals surface area contributed by atoms with Crippen LogP contribution in [-0.2, 0) is 6.18 Å². The summed E-state index contributed by atoms with van der Waals surface area (Å²) in [6, 6.07) is 11.1. The van der Waals surface area contributed by atoms with Crippen LogP contribution in [0, 0.1) is 0 Å². The summed E-state index contributed by atoms with van der Waals surface area (Å²) in [7, 11) is 0. The summed E-state index contributed by atoms with van der Waals surface area (Å²) in [5.74, 6) is 0.0495. The Morgan fingerprint density at radius 2 is 1.89 bits per heavy atom. The second-order valence-corrected chi connectivity index (χ2v) is 6.85. The zero-order valence-electron chi connectivity index (χ0n) is 14.5. The summed E-state index contributed by atoms with van der Waals surface area (Å²) in [5, 5.41) is 8.58. The molecule has 2 amide bonds. The van der Waals surface area contributed by atoms with Gasteiger partial charge in [-0.1, -0.05) is 34.1 Å². The van der Waals surface area contributed by atoms with Crippen LogP contribution in [0.4, 0.5) is 29.5 Å². The zero-order chi connectivity index (χ0) is 20.3. The summed E-state index contributed by atoms with van der Waals surface area (Å²) >= 11 is 3.37. The third-order valence-electron chi connectivity index (χ3n) is 3.92. The van der Waals surface area contributed by atoms with Gasteiger partial charge in [-0.15, -0.1) is 0 Å². The molecule has 3 rings (SSSR count). The lowest BCUT2D eigenvalue weighted by atomic mass is 10.1. The van der Waals surface area contributed by atoms with E-state index in [0.717, 1.165) is 22.2 Å². The average Bonchev–Trinajstić information content (AvgIpc) is 3.09. The van der Waals surface area contributed by atoms with Gasteiger partial charge in [-0.2, -0.15) is 13.2 Å². The number of nitrogens with one attached hydrogen (secondary N) is 2. The van der Waals surface area contributed by atoms with Gasteiger partial charge in [0.25, 0.3) is 6.20 Å². The number of carbonyl (C=O) groups is 1. The van der Waals surface area contributed by atoms with Gasteiger partial charge >= 0.3 is 18.1 Å². The van der Waals surface area contributed by atoms with Crippen LogP contribution in [0.5, 0.6) is 0 Å². The van der Waals surface area contributed by atoms with Crippen LogP contribution in [0.3, 0.4) is 0 Å². The first-order valence-corrected chi connectivity index (χ1v) is 8.90. The Morgan fingerprint density at radius 3 is 2.57 bits per heavy atom. The fourth-order valence-corrected chi connectivity index (χ4v) is 2.70. The maximum absolute atomic E-state index is 12.7. The van der Waals surface area contributed by atoms with Crippen molar-refractivity contribution < 1.29 is 27.2 Å². The molecule has 1 aromatic heterocycles. The van der Waals surface area contributed by atoms with E-state index in [9.17, 15) is 18.0 Å². The van der Waals surface area contributed by atoms with Gasteiger partial charge in [0, 0.05) is 22.6 Å². The van der Waals surface area contributed by atoms with Gasteiger partial charge < -0.3 is 5.32 Å². The minimum absolute atomic E-state index is 0.00273. The van der Waals surface area contributed by atoms with E-state index < -0.39 is 17.8 Å². The number of rotatable bonds is 4. The van der Waals surface area contributed by atoms with E-state index >= 15 is 0 Å². The molecule has 2 N–H and O–H groups in total. The smallest absolute Gasteiger partial charge is 0.308 e. The van der Waals surface area contributed by atoms with Crippen LogP contribution in [0.1, 0.15) is 24.1 Å². The molecular formula is C18H15BrF3N4O2+. The number of aromatic nitrogens is 2. The minimum Gasteiger partial charge on any atom is -0.308 e. The minimum atomic E-state index is -4.49. The molecule has 1 atom stereocenters. The maximum Gasteiger partial charge on any atom is 0.416 e. The summed E-state index contributed by atoms with van der Waals surface area (Å²) < 4.78 is 45.7. The molecule has 6 nitrogen and oxygen atoms in total. The van der Waals surface area contributed by atoms with Crippen LogP contribution in [0.15, 0.2) is 63.7 Å². The first-order valence-electron chi connectivity index (χ1n) is 8.11. The zero-order valence-corrected chi connectivity index (χ0v) is 16.1. The second-order valence-electron chi connectivity index (χ2n) is 5.93. The number of carbonyl (C=O) groups excluding carboxylic acids is 1. The number of nitrogens with zero attached hydrogens (tertiary/aromatic N) is 2. The molecule has 28 heavy (non-hydrogen) atoms. The monoisotopic (exact) mass is 455 g/mol. The lowest BCUT2D eigenvalue weighted by Crippen LogP contribution is -2.39. The molecule has 0 fully saturated rings. The van der Waals surface area contributed by atoms with E-state index in [1.165, 1.54) is 23.0 Å². The van der Waals surface area contributed by atoms with Gasteiger partial charge in [0.2, 0.25) is 11.3 Å². The Hall–Kier alpha value is -2.88. The highest BCUT2D eigenvalue weighted by Gasteiger charge is 2.30. The molecule has 3 aromatic rings. The lowest BCUT2D eigenvalue weighted by Gasteiger charge is -2.09. The highest BCUT2D eigenvalue weighted by Crippen LogP contribution is 2.30. The lowest BCUT2D eigenvalue weighted by molar-refractivity contribution is -0.774. The fourth-order valence-electron chi connectivity index (χ4n) is 2.44. The predicted molar refractivity (Wildman–Crippen MR) is 98.7 cm³/mol. The van der Waals surface area contributed by atoms with Crippen LogP contribution < -0.4 is 15.3 Å². The summed E-state index contributed by atoms with van der Waals surface area (Å²) in [5.41, 5.74) is 0.121. The predicted octanol–water partition coefficient (Wildman–Crippen LogP) is 5.00. The van der Waals surface area contributed by atoms with Crippen molar-refractivity contribution in [1.29, 1.82) is 0 Å². The number of amides is 2. The molecule has 1 heterocycles. The van der Waals surface area contributed by atoms with Gasteiger partial charge in [0.1, 0.15) is 0 Å². The normalized spacial score (nSPS) is 12.5. The van der Waals surface area contributed by atoms with E-state index in [1.807, 2.05) is 31.2 Å². The molecule has 146 valence electrons. The second kappa shape index (κ2) is 8.01. The van der Waals surface area contributed by atoms with Gasteiger partial charge in [0.05, 0.1) is 5.56 Å². The van der Waals surface area contributed by atoms with Crippen molar-refractivity contribution in [3.63, 3.8) is 0 Å². The maximum atomic E-state index is 12.7. The van der Waals surface area contributed by atoms with Gasteiger partial charge in [0.15, 0.2) is 0 Å². The van der Waals surface area contributed by atoms with E-state index in [4.69, 9.17) is 4.52 Å². The quantitative estimate of drug-likeness (QED) is 0.544. The highest BCUT2D eigenvalue weighted by atomic mass is 79.9. The van der Waals surface area contributed by atoms with E-state index in [2.05, 4.69) is 31.8 Å². The van der Waals surface area contributed by atoms with E-state index in [-0.39, 0.29) is 17.6 Å². The van der Waals surface area contributed by atoms with Crippen molar-refractivity contribution in [3.05, 3.63) is 70.3 Å². The Balaban J connectivity index is 1.65. The Morgan fingerprint density at radius 1 is 1.18 bits per heavy atom. The third kappa shape index (κ3) is 4.89. The highest BCUT2D eigenvalue weighted by molar-refractivity contribution is 9.10. The molecule has 0 unspecified atom stereocenters. The van der Waals surface area contributed by atoms with Crippen molar-refractivity contribution in [2.75, 3.05) is 10.6 Å². The first kappa shape index (κ1) is 19.9. The number of halogens is 4. The molecule has 0 saturated heterocycles. The van der Waals surface area contributed by atoms with Gasteiger partial charge in [-0.05, 0) is 35.0 Å². The molecule has 0 radical (unpaired) electrons. The van der Waals surface area contributed by atoms with E-state index in [1.54, 1.807) is 0 Å². The number of anilines is 2. The van der Waals surface area contributed by atoms with Crippen molar-refractivity contribution in [2.45, 2.75) is 19.1 Å². The van der Waals surface area contributed by atoms with Crippen molar-refractivity contribution in [3.8, 4) is 0 Å². The summed E-state index contributed by atoms with van der Waals surface area (Å²) in [4.78, 5) is 12.0. The molecule has 0 aliphatic heterocycles. The van der Waals surface area contributed by atoms with Crippen molar-refractivity contribution >= 4 is 33.5 Å². The molecule has 10 heteroatoms. The van der Waals surface area contributed by atoms with E-state index in [0.29, 0.717) is 0 Å². The fraction of sp³-hybridized carbons (Fsp3) is 0.167. The first-order chi connectivity index (χ1) is 13.2.